The smallest absolute Gasteiger partial charge is 0.243 e. The standard InChI is InChI=1S/C12H19FN2O2S.ClH/c1-3-12(14,4-2)9-15-18(16,17)11-8-6-5-7-10(11)13;/h5-8,15H,3-4,9,14H2,1-2H3;1H. The predicted octanol–water partition coefficient (Wildman–Crippen LogP) is 2.04. The van der Waals surface area contributed by atoms with Gasteiger partial charge in [0.25, 0.3) is 0 Å². The highest BCUT2D eigenvalue weighted by atomic mass is 35.5. The Morgan fingerprint density at radius 2 is 1.79 bits per heavy atom. The molecule has 0 aromatic heterocycles. The summed E-state index contributed by atoms with van der Waals surface area (Å²) >= 11 is 0. The molecule has 4 nitrogen and oxygen atoms in total. The van der Waals surface area contributed by atoms with Gasteiger partial charge >= 0.3 is 0 Å². The summed E-state index contributed by atoms with van der Waals surface area (Å²) in [5, 5.41) is 0. The first kappa shape index (κ1) is 18.3. The molecule has 0 bridgehead atoms. The molecule has 0 aliphatic heterocycles. The molecule has 0 atom stereocenters. The molecule has 110 valence electrons. The highest BCUT2D eigenvalue weighted by Gasteiger charge is 2.25. The summed E-state index contributed by atoms with van der Waals surface area (Å²) in [5.74, 6) is -0.763. The van der Waals surface area contributed by atoms with Crippen LogP contribution >= 0.6 is 12.4 Å². The zero-order chi connectivity index (χ0) is 13.8. The Morgan fingerprint density at radius 3 is 2.26 bits per heavy atom. The Morgan fingerprint density at radius 1 is 1.26 bits per heavy atom. The van der Waals surface area contributed by atoms with E-state index in [-0.39, 0.29) is 23.8 Å². The molecule has 1 aromatic rings. The van der Waals surface area contributed by atoms with E-state index in [4.69, 9.17) is 5.73 Å². The Labute approximate surface area is 120 Å². The third-order valence-corrected chi connectivity index (χ3v) is 4.58. The molecule has 3 N–H and O–H groups in total. The number of benzene rings is 1. The average molecular weight is 311 g/mol. The van der Waals surface area contributed by atoms with Gasteiger partial charge in [0.1, 0.15) is 10.7 Å². The van der Waals surface area contributed by atoms with Gasteiger partial charge in [0.15, 0.2) is 0 Å². The van der Waals surface area contributed by atoms with E-state index in [1.165, 1.54) is 18.2 Å². The van der Waals surface area contributed by atoms with E-state index in [0.29, 0.717) is 12.8 Å². The van der Waals surface area contributed by atoms with E-state index in [1.54, 1.807) is 0 Å². The maximum absolute atomic E-state index is 13.4. The molecule has 1 rings (SSSR count). The van der Waals surface area contributed by atoms with Crippen molar-refractivity contribution >= 4 is 22.4 Å². The SMILES string of the molecule is CCC(N)(CC)CNS(=O)(=O)c1ccccc1F.Cl. The quantitative estimate of drug-likeness (QED) is 0.844. The molecule has 0 fully saturated rings. The Kier molecular flexibility index (Phi) is 6.93. The molecular weight excluding hydrogens is 291 g/mol. The van der Waals surface area contributed by atoms with Crippen LogP contribution in [0.2, 0.25) is 0 Å². The predicted molar refractivity (Wildman–Crippen MR) is 76.3 cm³/mol. The van der Waals surface area contributed by atoms with E-state index < -0.39 is 21.4 Å². The van der Waals surface area contributed by atoms with Crippen molar-refractivity contribution in [3.05, 3.63) is 30.1 Å². The van der Waals surface area contributed by atoms with E-state index >= 15 is 0 Å². The Balaban J connectivity index is 0.00000324. The molecule has 19 heavy (non-hydrogen) atoms. The first-order chi connectivity index (χ1) is 8.34. The second-order valence-corrected chi connectivity index (χ2v) is 6.06. The van der Waals surface area contributed by atoms with Gasteiger partial charge in [-0.1, -0.05) is 26.0 Å². The summed E-state index contributed by atoms with van der Waals surface area (Å²) in [6, 6.07) is 5.27. The highest BCUT2D eigenvalue weighted by Crippen LogP contribution is 2.15. The van der Waals surface area contributed by atoms with E-state index in [2.05, 4.69) is 4.72 Å². The maximum atomic E-state index is 13.4. The number of nitrogens with two attached hydrogens (primary N) is 1. The minimum absolute atomic E-state index is 0. The lowest BCUT2D eigenvalue weighted by Crippen LogP contribution is -2.49. The van der Waals surface area contributed by atoms with Gasteiger partial charge in [0, 0.05) is 12.1 Å². The summed E-state index contributed by atoms with van der Waals surface area (Å²) in [6.45, 7) is 3.87. The van der Waals surface area contributed by atoms with Gasteiger partial charge in [-0.15, -0.1) is 12.4 Å². The molecule has 0 amide bonds. The molecule has 0 heterocycles. The van der Waals surface area contributed by atoms with Crippen molar-refractivity contribution in [2.75, 3.05) is 6.54 Å². The van der Waals surface area contributed by atoms with Gasteiger partial charge in [-0.25, -0.2) is 17.5 Å². The van der Waals surface area contributed by atoms with Crippen molar-refractivity contribution < 1.29 is 12.8 Å². The molecule has 0 unspecified atom stereocenters. The largest absolute Gasteiger partial charge is 0.324 e. The third kappa shape index (κ3) is 4.72. The lowest BCUT2D eigenvalue weighted by Gasteiger charge is -2.26. The van der Waals surface area contributed by atoms with Crippen LogP contribution in [0.5, 0.6) is 0 Å². The maximum Gasteiger partial charge on any atom is 0.243 e. The van der Waals surface area contributed by atoms with E-state index in [1.807, 2.05) is 13.8 Å². The second-order valence-electron chi connectivity index (χ2n) is 4.32. The van der Waals surface area contributed by atoms with E-state index in [0.717, 1.165) is 6.07 Å². The van der Waals surface area contributed by atoms with Crippen molar-refractivity contribution in [2.24, 2.45) is 5.73 Å². The van der Waals surface area contributed by atoms with Crippen LogP contribution in [0.1, 0.15) is 26.7 Å². The number of halogens is 2. The van der Waals surface area contributed by atoms with Gasteiger partial charge in [-0.2, -0.15) is 0 Å². The summed E-state index contributed by atoms with van der Waals surface area (Å²) < 4.78 is 39.6. The van der Waals surface area contributed by atoms with Crippen molar-refractivity contribution in [3.63, 3.8) is 0 Å². The normalized spacial score (nSPS) is 12.0. The topological polar surface area (TPSA) is 72.2 Å². The van der Waals surface area contributed by atoms with E-state index in [9.17, 15) is 12.8 Å². The molecule has 0 spiro atoms. The summed E-state index contributed by atoms with van der Waals surface area (Å²) in [5.41, 5.74) is 5.40. The van der Waals surface area contributed by atoms with Crippen LogP contribution in [-0.4, -0.2) is 20.5 Å². The Hall–Kier alpha value is -0.690. The number of sulfonamides is 1. The first-order valence-corrected chi connectivity index (χ1v) is 7.36. The fraction of sp³-hybridized carbons (Fsp3) is 0.500. The van der Waals surface area contributed by atoms with Gasteiger partial charge < -0.3 is 5.73 Å². The van der Waals surface area contributed by atoms with Gasteiger partial charge in [0.2, 0.25) is 10.0 Å². The minimum atomic E-state index is -3.85. The summed E-state index contributed by atoms with van der Waals surface area (Å²) in [6.07, 6.45) is 1.28. The molecule has 1 aromatic carbocycles. The fourth-order valence-electron chi connectivity index (χ4n) is 1.48. The molecule has 0 aliphatic rings. The van der Waals surface area contributed by atoms with Crippen LogP contribution in [0.4, 0.5) is 4.39 Å². The highest BCUT2D eigenvalue weighted by molar-refractivity contribution is 7.89. The van der Waals surface area contributed by atoms with Crippen molar-refractivity contribution in [1.29, 1.82) is 0 Å². The van der Waals surface area contributed by atoms with Gasteiger partial charge in [-0.3, -0.25) is 0 Å². The number of hydrogen-bond acceptors (Lipinski definition) is 3. The van der Waals surface area contributed by atoms with Crippen molar-refractivity contribution in [2.45, 2.75) is 37.1 Å². The second kappa shape index (κ2) is 7.19. The minimum Gasteiger partial charge on any atom is -0.324 e. The lowest BCUT2D eigenvalue weighted by atomic mass is 9.95. The zero-order valence-electron chi connectivity index (χ0n) is 11.0. The number of rotatable bonds is 6. The van der Waals surface area contributed by atoms with Crippen molar-refractivity contribution in [3.8, 4) is 0 Å². The fourth-order valence-corrected chi connectivity index (χ4v) is 2.69. The van der Waals surface area contributed by atoms with Crippen LogP contribution in [0, 0.1) is 5.82 Å². The number of nitrogens with one attached hydrogen (secondary N) is 1. The Bertz CT molecular complexity index is 504. The molecule has 0 radical (unpaired) electrons. The van der Waals surface area contributed by atoms with Crippen LogP contribution in [0.25, 0.3) is 0 Å². The molecule has 7 heteroatoms. The van der Waals surface area contributed by atoms with Gasteiger partial charge in [0.05, 0.1) is 0 Å². The number of hydrogen-bond donors (Lipinski definition) is 2. The van der Waals surface area contributed by atoms with Crippen LogP contribution in [-0.2, 0) is 10.0 Å². The lowest BCUT2D eigenvalue weighted by molar-refractivity contribution is 0.391. The molecule has 0 aliphatic carbocycles. The monoisotopic (exact) mass is 310 g/mol. The molecule has 0 saturated heterocycles. The first-order valence-electron chi connectivity index (χ1n) is 5.88. The van der Waals surface area contributed by atoms with Crippen LogP contribution < -0.4 is 10.5 Å². The van der Waals surface area contributed by atoms with Crippen molar-refractivity contribution in [1.82, 2.24) is 4.72 Å². The molecular formula is C12H20ClFN2O2S. The zero-order valence-corrected chi connectivity index (χ0v) is 12.7. The van der Waals surface area contributed by atoms with Crippen LogP contribution in [0.3, 0.4) is 0 Å². The summed E-state index contributed by atoms with van der Waals surface area (Å²) in [4.78, 5) is -0.348. The van der Waals surface area contributed by atoms with Crippen LogP contribution in [0.15, 0.2) is 29.2 Å². The van der Waals surface area contributed by atoms with Gasteiger partial charge in [-0.05, 0) is 25.0 Å². The summed E-state index contributed by atoms with van der Waals surface area (Å²) in [7, 11) is -3.85. The average Bonchev–Trinajstić information content (AvgIpc) is 2.36. The third-order valence-electron chi connectivity index (χ3n) is 3.15. The molecule has 0 saturated carbocycles.